The van der Waals surface area contributed by atoms with E-state index in [4.69, 9.17) is 9.47 Å². The maximum atomic E-state index is 12.2. The fourth-order valence-corrected chi connectivity index (χ4v) is 4.37. The van der Waals surface area contributed by atoms with Crippen LogP contribution in [0.5, 0.6) is 17.2 Å². The number of aryl methyl sites for hydroxylation is 1. The number of esters is 1. The molecule has 5 aromatic rings. The van der Waals surface area contributed by atoms with Crippen LogP contribution in [0.2, 0.25) is 0 Å². The SMILES string of the molecule is CCCCOC(=O)CCc1ccc(O)c(-n2nc3ccccc3n2)c1.CCCCOc1ccc(C(=O)c2ccccc2)c(O)c1. The molecule has 5 rings (SSSR count). The van der Waals surface area contributed by atoms with Crippen LogP contribution >= 0.6 is 0 Å². The fraction of sp³-hybridized carbons (Fsp3) is 0.278. The van der Waals surface area contributed by atoms with E-state index >= 15 is 0 Å². The Morgan fingerprint density at radius 3 is 2.09 bits per heavy atom. The number of unbranched alkanes of at least 4 members (excludes halogenated alkanes) is 2. The van der Waals surface area contributed by atoms with Crippen LogP contribution in [0.1, 0.15) is 67.4 Å². The third-order valence-electron chi connectivity index (χ3n) is 6.94. The summed E-state index contributed by atoms with van der Waals surface area (Å²) in [6, 6.07) is 26.4. The van der Waals surface area contributed by atoms with Crippen LogP contribution in [0.3, 0.4) is 0 Å². The fourth-order valence-electron chi connectivity index (χ4n) is 4.37. The Hall–Kier alpha value is -5.18. The molecule has 1 heterocycles. The van der Waals surface area contributed by atoms with E-state index in [9.17, 15) is 19.8 Å². The van der Waals surface area contributed by atoms with Gasteiger partial charge in [0.05, 0.1) is 18.8 Å². The number of ketones is 1. The molecular formula is C36H39N3O6. The quantitative estimate of drug-likeness (QED) is 0.0816. The van der Waals surface area contributed by atoms with E-state index < -0.39 is 0 Å². The zero-order valence-corrected chi connectivity index (χ0v) is 25.7. The number of hydrogen-bond acceptors (Lipinski definition) is 8. The predicted molar refractivity (Wildman–Crippen MR) is 173 cm³/mol. The van der Waals surface area contributed by atoms with Gasteiger partial charge in [-0.2, -0.15) is 0 Å². The average Bonchev–Trinajstić information content (AvgIpc) is 3.49. The molecule has 0 radical (unpaired) electrons. The molecule has 1 aromatic heterocycles. The number of hydrogen-bond donors (Lipinski definition) is 2. The molecule has 4 aromatic carbocycles. The standard InChI is InChI=1S/C19H21N3O3.C17H18O3/c1-2-3-12-25-19(24)11-9-14-8-10-18(23)17(13-14)22-20-15-6-4-5-7-16(15)21-22;1-2-3-11-20-14-9-10-15(16(18)12-14)17(19)13-7-5-4-6-8-13/h4-8,10,13,23H,2-3,9,11-12H2,1H3;4-10,12,18H,2-3,11H2,1H3. The Kier molecular flexibility index (Phi) is 12.1. The molecule has 0 aliphatic rings. The largest absolute Gasteiger partial charge is 0.507 e. The van der Waals surface area contributed by atoms with Gasteiger partial charge in [0, 0.05) is 18.1 Å². The third-order valence-corrected chi connectivity index (χ3v) is 6.94. The summed E-state index contributed by atoms with van der Waals surface area (Å²) in [6.07, 6.45) is 4.75. The number of phenolic OH excluding ortho intramolecular Hbond substituents is 2. The first-order valence-electron chi connectivity index (χ1n) is 15.2. The highest BCUT2D eigenvalue weighted by Gasteiger charge is 2.14. The molecule has 0 atom stereocenters. The van der Waals surface area contributed by atoms with Crippen LogP contribution in [0.15, 0.2) is 91.0 Å². The van der Waals surface area contributed by atoms with Crippen LogP contribution in [-0.2, 0) is 16.0 Å². The molecule has 9 heteroatoms. The van der Waals surface area contributed by atoms with E-state index in [0.29, 0.717) is 48.6 Å². The molecule has 2 N–H and O–H groups in total. The second kappa shape index (κ2) is 16.6. The number of phenols is 2. The Morgan fingerprint density at radius 1 is 0.756 bits per heavy atom. The smallest absolute Gasteiger partial charge is 0.306 e. The number of fused-ring (bicyclic) bond motifs is 1. The van der Waals surface area contributed by atoms with Crippen molar-refractivity contribution in [1.82, 2.24) is 15.0 Å². The minimum atomic E-state index is -0.203. The van der Waals surface area contributed by atoms with Crippen molar-refractivity contribution < 1.29 is 29.3 Å². The van der Waals surface area contributed by atoms with Gasteiger partial charge in [0.1, 0.15) is 34.0 Å². The van der Waals surface area contributed by atoms with E-state index in [0.717, 1.165) is 42.3 Å². The number of rotatable bonds is 13. The highest BCUT2D eigenvalue weighted by atomic mass is 16.5. The summed E-state index contributed by atoms with van der Waals surface area (Å²) >= 11 is 0. The highest BCUT2D eigenvalue weighted by molar-refractivity contribution is 6.10. The van der Waals surface area contributed by atoms with Gasteiger partial charge in [-0.1, -0.05) is 75.2 Å². The molecule has 0 fully saturated rings. The maximum Gasteiger partial charge on any atom is 0.306 e. The summed E-state index contributed by atoms with van der Waals surface area (Å²) in [4.78, 5) is 25.4. The Morgan fingerprint density at radius 2 is 1.42 bits per heavy atom. The summed E-state index contributed by atoms with van der Waals surface area (Å²) in [7, 11) is 0. The number of aromatic hydroxyl groups is 2. The number of nitrogens with zero attached hydrogens (tertiary/aromatic N) is 3. The van der Waals surface area contributed by atoms with Crippen LogP contribution in [0.25, 0.3) is 16.7 Å². The molecular weight excluding hydrogens is 570 g/mol. The minimum Gasteiger partial charge on any atom is -0.507 e. The Bertz CT molecular complexity index is 1670. The van der Waals surface area contributed by atoms with Gasteiger partial charge >= 0.3 is 5.97 Å². The summed E-state index contributed by atoms with van der Waals surface area (Å²) in [5.74, 6) is 0.234. The van der Waals surface area contributed by atoms with Crippen LogP contribution in [0, 0.1) is 0 Å². The molecule has 234 valence electrons. The summed E-state index contributed by atoms with van der Waals surface area (Å²) < 4.78 is 10.7. The van der Waals surface area contributed by atoms with Crippen molar-refractivity contribution in [3.05, 3.63) is 108 Å². The summed E-state index contributed by atoms with van der Waals surface area (Å²) in [6.45, 7) is 5.23. The molecule has 0 amide bonds. The second-order valence-corrected chi connectivity index (χ2v) is 10.5. The van der Waals surface area contributed by atoms with Crippen molar-refractivity contribution in [2.75, 3.05) is 13.2 Å². The van der Waals surface area contributed by atoms with Crippen LogP contribution in [0.4, 0.5) is 0 Å². The normalized spacial score (nSPS) is 10.6. The first-order valence-corrected chi connectivity index (χ1v) is 15.2. The molecule has 0 aliphatic carbocycles. The molecule has 0 saturated heterocycles. The van der Waals surface area contributed by atoms with Crippen molar-refractivity contribution in [1.29, 1.82) is 0 Å². The summed E-state index contributed by atoms with van der Waals surface area (Å²) in [5, 5.41) is 28.9. The number of carbonyl (C=O) groups is 2. The van der Waals surface area contributed by atoms with Crippen molar-refractivity contribution in [3.8, 4) is 22.9 Å². The number of aromatic nitrogens is 3. The van der Waals surface area contributed by atoms with Gasteiger partial charge in [-0.05, 0) is 61.2 Å². The third kappa shape index (κ3) is 9.40. The van der Waals surface area contributed by atoms with E-state index in [1.54, 1.807) is 54.6 Å². The Balaban J connectivity index is 0.000000210. The van der Waals surface area contributed by atoms with E-state index in [-0.39, 0.29) is 23.3 Å². The number of benzene rings is 4. The first kappa shape index (κ1) is 32.7. The minimum absolute atomic E-state index is 0.0483. The van der Waals surface area contributed by atoms with Gasteiger partial charge in [-0.25, -0.2) is 0 Å². The zero-order chi connectivity index (χ0) is 32.0. The number of ether oxygens (including phenoxy) is 2. The van der Waals surface area contributed by atoms with Gasteiger partial charge in [0.15, 0.2) is 5.78 Å². The lowest BCUT2D eigenvalue weighted by atomic mass is 10.0. The lowest BCUT2D eigenvalue weighted by Gasteiger charge is -2.08. The summed E-state index contributed by atoms with van der Waals surface area (Å²) in [5.41, 5.74) is 3.77. The van der Waals surface area contributed by atoms with Crippen molar-refractivity contribution in [2.24, 2.45) is 0 Å². The maximum absolute atomic E-state index is 12.2. The van der Waals surface area contributed by atoms with E-state index in [1.165, 1.54) is 10.9 Å². The van der Waals surface area contributed by atoms with E-state index in [2.05, 4.69) is 24.0 Å². The number of carbonyl (C=O) groups excluding carboxylic acids is 2. The average molecular weight is 610 g/mol. The highest BCUT2D eigenvalue weighted by Crippen LogP contribution is 2.26. The van der Waals surface area contributed by atoms with Crippen LogP contribution < -0.4 is 4.74 Å². The van der Waals surface area contributed by atoms with Gasteiger partial charge in [-0.3, -0.25) is 9.59 Å². The van der Waals surface area contributed by atoms with Crippen molar-refractivity contribution in [3.63, 3.8) is 0 Å². The molecule has 0 saturated carbocycles. The molecule has 0 unspecified atom stereocenters. The van der Waals surface area contributed by atoms with Gasteiger partial charge in [0.2, 0.25) is 0 Å². The van der Waals surface area contributed by atoms with Gasteiger partial charge < -0.3 is 19.7 Å². The van der Waals surface area contributed by atoms with E-state index in [1.807, 2.05) is 30.3 Å². The topological polar surface area (TPSA) is 124 Å². The predicted octanol–water partition coefficient (Wildman–Crippen LogP) is 7.20. The molecule has 0 bridgehead atoms. The van der Waals surface area contributed by atoms with Crippen LogP contribution in [-0.4, -0.2) is 50.2 Å². The lowest BCUT2D eigenvalue weighted by molar-refractivity contribution is -0.143. The molecule has 0 spiro atoms. The Labute approximate surface area is 263 Å². The zero-order valence-electron chi connectivity index (χ0n) is 25.7. The first-order chi connectivity index (χ1) is 21.9. The molecule has 0 aliphatic heterocycles. The van der Waals surface area contributed by atoms with Gasteiger partial charge in [0.25, 0.3) is 0 Å². The van der Waals surface area contributed by atoms with Crippen molar-refractivity contribution in [2.45, 2.75) is 52.4 Å². The monoisotopic (exact) mass is 609 g/mol. The lowest BCUT2D eigenvalue weighted by Crippen LogP contribution is -2.07. The van der Waals surface area contributed by atoms with Gasteiger partial charge in [-0.15, -0.1) is 15.0 Å². The van der Waals surface area contributed by atoms with Crippen molar-refractivity contribution >= 4 is 22.8 Å². The second-order valence-electron chi connectivity index (χ2n) is 10.5. The molecule has 45 heavy (non-hydrogen) atoms. The molecule has 9 nitrogen and oxygen atoms in total.